The molecule has 0 aliphatic heterocycles. The molecule has 0 bridgehead atoms. The lowest BCUT2D eigenvalue weighted by Crippen LogP contribution is -2.12. The van der Waals surface area contributed by atoms with Crippen LogP contribution in [0.1, 0.15) is 37.3 Å². The standard InChI is InChI=1S/C11H18OS2/c1-8-9(5-6-13-8)10(12)7-14-11(2,3)4/h5-6,10,12H,7H2,1-4H3. The smallest absolute Gasteiger partial charge is 0.0891 e. The number of hydrogen-bond acceptors (Lipinski definition) is 3. The first-order chi connectivity index (χ1) is 6.40. The summed E-state index contributed by atoms with van der Waals surface area (Å²) in [6.45, 7) is 8.57. The van der Waals surface area contributed by atoms with E-state index in [2.05, 4.69) is 27.7 Å². The molecule has 0 aromatic carbocycles. The van der Waals surface area contributed by atoms with Gasteiger partial charge in [0.2, 0.25) is 0 Å². The molecule has 80 valence electrons. The summed E-state index contributed by atoms with van der Waals surface area (Å²) < 4.78 is 0.227. The zero-order valence-corrected chi connectivity index (χ0v) is 10.8. The molecule has 0 amide bonds. The Morgan fingerprint density at radius 1 is 1.50 bits per heavy atom. The van der Waals surface area contributed by atoms with E-state index in [1.54, 1.807) is 23.1 Å². The van der Waals surface area contributed by atoms with Gasteiger partial charge in [0.1, 0.15) is 0 Å². The van der Waals surface area contributed by atoms with Crippen LogP contribution in [0.5, 0.6) is 0 Å². The first-order valence-electron chi connectivity index (χ1n) is 4.76. The minimum absolute atomic E-state index is 0.227. The third-order valence-corrected chi connectivity index (χ3v) is 4.14. The molecule has 1 nitrogen and oxygen atoms in total. The molecule has 1 heterocycles. The highest BCUT2D eigenvalue weighted by Gasteiger charge is 2.16. The second-order valence-corrected chi connectivity index (χ2v) is 7.34. The van der Waals surface area contributed by atoms with Crippen molar-refractivity contribution in [3.63, 3.8) is 0 Å². The second kappa shape index (κ2) is 4.69. The molecule has 1 aromatic heterocycles. The molecule has 1 aromatic rings. The Morgan fingerprint density at radius 3 is 2.57 bits per heavy atom. The minimum atomic E-state index is -0.314. The van der Waals surface area contributed by atoms with Crippen molar-refractivity contribution in [1.82, 2.24) is 0 Å². The molecule has 0 fully saturated rings. The quantitative estimate of drug-likeness (QED) is 0.856. The summed E-state index contributed by atoms with van der Waals surface area (Å²) in [6.07, 6.45) is -0.314. The van der Waals surface area contributed by atoms with Gasteiger partial charge in [0.05, 0.1) is 6.10 Å². The van der Waals surface area contributed by atoms with Crippen molar-refractivity contribution in [3.8, 4) is 0 Å². The number of aliphatic hydroxyl groups excluding tert-OH is 1. The van der Waals surface area contributed by atoms with E-state index < -0.39 is 0 Å². The summed E-state index contributed by atoms with van der Waals surface area (Å²) in [5.74, 6) is 0.779. The number of aryl methyl sites for hydroxylation is 1. The highest BCUT2D eigenvalue weighted by atomic mass is 32.2. The topological polar surface area (TPSA) is 20.2 Å². The minimum Gasteiger partial charge on any atom is -0.388 e. The van der Waals surface area contributed by atoms with Gasteiger partial charge in [0.15, 0.2) is 0 Å². The summed E-state index contributed by atoms with van der Waals surface area (Å²) >= 11 is 3.50. The fourth-order valence-corrected chi connectivity index (χ4v) is 2.76. The van der Waals surface area contributed by atoms with E-state index in [0.717, 1.165) is 11.3 Å². The fraction of sp³-hybridized carbons (Fsp3) is 0.636. The first kappa shape index (κ1) is 12.1. The summed E-state index contributed by atoms with van der Waals surface area (Å²) in [4.78, 5) is 1.23. The number of thiophene rings is 1. The summed E-state index contributed by atoms with van der Waals surface area (Å²) in [7, 11) is 0. The van der Waals surface area contributed by atoms with E-state index >= 15 is 0 Å². The Labute approximate surface area is 94.5 Å². The predicted octanol–water partition coefficient (Wildman–Crippen LogP) is 3.62. The first-order valence-corrected chi connectivity index (χ1v) is 6.63. The van der Waals surface area contributed by atoms with Crippen molar-refractivity contribution in [3.05, 3.63) is 21.9 Å². The average molecular weight is 230 g/mol. The van der Waals surface area contributed by atoms with Gasteiger partial charge in [-0.1, -0.05) is 20.8 Å². The highest BCUT2D eigenvalue weighted by Crippen LogP contribution is 2.30. The van der Waals surface area contributed by atoms with Crippen LogP contribution in [-0.2, 0) is 0 Å². The number of thioether (sulfide) groups is 1. The third-order valence-electron chi connectivity index (χ3n) is 1.93. The largest absolute Gasteiger partial charge is 0.388 e. The van der Waals surface area contributed by atoms with Gasteiger partial charge in [-0.15, -0.1) is 11.3 Å². The molecule has 1 atom stereocenters. The Balaban J connectivity index is 2.51. The number of aliphatic hydroxyl groups is 1. The molecule has 0 aliphatic carbocycles. The molecular formula is C11H18OS2. The average Bonchev–Trinajstić information content (AvgIpc) is 2.46. The molecule has 14 heavy (non-hydrogen) atoms. The summed E-state index contributed by atoms with van der Waals surface area (Å²) in [5.41, 5.74) is 1.09. The predicted molar refractivity (Wildman–Crippen MR) is 66.2 cm³/mol. The number of rotatable bonds is 3. The molecule has 3 heteroatoms. The molecule has 0 saturated heterocycles. The molecule has 1 N–H and O–H groups in total. The van der Waals surface area contributed by atoms with Crippen LogP contribution in [0.25, 0.3) is 0 Å². The summed E-state index contributed by atoms with van der Waals surface area (Å²) in [6, 6.07) is 2.02. The van der Waals surface area contributed by atoms with Gasteiger partial charge in [-0.05, 0) is 23.9 Å². The van der Waals surface area contributed by atoms with Gasteiger partial charge in [-0.25, -0.2) is 0 Å². The van der Waals surface area contributed by atoms with Crippen LogP contribution in [0.2, 0.25) is 0 Å². The molecule has 0 radical (unpaired) electrons. The zero-order valence-electron chi connectivity index (χ0n) is 9.20. The van der Waals surface area contributed by atoms with Crippen LogP contribution in [0, 0.1) is 6.92 Å². The van der Waals surface area contributed by atoms with Crippen LogP contribution in [-0.4, -0.2) is 15.6 Å². The highest BCUT2D eigenvalue weighted by molar-refractivity contribution is 8.00. The van der Waals surface area contributed by atoms with Crippen molar-refractivity contribution >= 4 is 23.1 Å². The van der Waals surface area contributed by atoms with E-state index in [-0.39, 0.29) is 10.9 Å². The molecule has 1 rings (SSSR count). The van der Waals surface area contributed by atoms with Gasteiger partial charge in [0, 0.05) is 15.4 Å². The van der Waals surface area contributed by atoms with Crippen molar-refractivity contribution in [1.29, 1.82) is 0 Å². The second-order valence-electron chi connectivity index (χ2n) is 4.37. The van der Waals surface area contributed by atoms with Crippen LogP contribution >= 0.6 is 23.1 Å². The Bertz CT molecular complexity index is 286. The maximum Gasteiger partial charge on any atom is 0.0891 e. The Morgan fingerprint density at radius 2 is 2.14 bits per heavy atom. The van der Waals surface area contributed by atoms with Crippen LogP contribution < -0.4 is 0 Å². The Kier molecular flexibility index (Phi) is 4.04. The lowest BCUT2D eigenvalue weighted by molar-refractivity contribution is 0.203. The van der Waals surface area contributed by atoms with Gasteiger partial charge < -0.3 is 5.11 Å². The lowest BCUT2D eigenvalue weighted by atomic mass is 10.2. The monoisotopic (exact) mass is 230 g/mol. The molecular weight excluding hydrogens is 212 g/mol. The zero-order chi connectivity index (χ0) is 10.8. The van der Waals surface area contributed by atoms with Crippen LogP contribution in [0.4, 0.5) is 0 Å². The summed E-state index contributed by atoms with van der Waals surface area (Å²) in [5, 5.41) is 12.0. The maximum atomic E-state index is 9.94. The molecule has 0 saturated carbocycles. The molecule has 0 spiro atoms. The van der Waals surface area contributed by atoms with Crippen molar-refractivity contribution in [2.75, 3.05) is 5.75 Å². The van der Waals surface area contributed by atoms with Gasteiger partial charge in [-0.2, -0.15) is 11.8 Å². The lowest BCUT2D eigenvalue weighted by Gasteiger charge is -2.20. The normalized spacial score (nSPS) is 14.4. The van der Waals surface area contributed by atoms with Gasteiger partial charge in [0.25, 0.3) is 0 Å². The Hall–Kier alpha value is 0.01000. The van der Waals surface area contributed by atoms with Crippen molar-refractivity contribution in [2.45, 2.75) is 38.5 Å². The van der Waals surface area contributed by atoms with E-state index in [1.807, 2.05) is 11.4 Å². The fourth-order valence-electron chi connectivity index (χ4n) is 1.16. The van der Waals surface area contributed by atoms with Crippen LogP contribution in [0.15, 0.2) is 11.4 Å². The van der Waals surface area contributed by atoms with E-state index in [0.29, 0.717) is 0 Å². The van der Waals surface area contributed by atoms with Gasteiger partial charge in [-0.3, -0.25) is 0 Å². The molecule has 0 aliphatic rings. The van der Waals surface area contributed by atoms with Gasteiger partial charge >= 0.3 is 0 Å². The molecule has 1 unspecified atom stereocenters. The van der Waals surface area contributed by atoms with Crippen LogP contribution in [0.3, 0.4) is 0 Å². The number of hydrogen-bond donors (Lipinski definition) is 1. The van der Waals surface area contributed by atoms with Crippen molar-refractivity contribution < 1.29 is 5.11 Å². The third kappa shape index (κ3) is 3.64. The van der Waals surface area contributed by atoms with Crippen molar-refractivity contribution in [2.24, 2.45) is 0 Å². The van der Waals surface area contributed by atoms with E-state index in [9.17, 15) is 5.11 Å². The van der Waals surface area contributed by atoms with E-state index in [4.69, 9.17) is 0 Å². The SMILES string of the molecule is Cc1sccc1C(O)CSC(C)(C)C. The maximum absolute atomic E-state index is 9.94. The van der Waals surface area contributed by atoms with E-state index in [1.165, 1.54) is 4.88 Å².